The molecule has 3 heterocycles. The Morgan fingerprint density at radius 3 is 2.75 bits per heavy atom. The number of anilines is 3. The molecule has 2 aromatic rings. The highest BCUT2D eigenvalue weighted by atomic mass is 32.1. The fourth-order valence-corrected chi connectivity index (χ4v) is 2.71. The monoisotopic (exact) mass is 291 g/mol. The summed E-state index contributed by atoms with van der Waals surface area (Å²) in [4.78, 5) is 11.8. The molecule has 1 aliphatic rings. The Balaban J connectivity index is 1.58. The lowest BCUT2D eigenvalue weighted by atomic mass is 10.3. The molecule has 0 aliphatic carbocycles. The fraction of sp³-hybridized carbons (Fsp3) is 0.385. The molecule has 106 valence electrons. The predicted molar refractivity (Wildman–Crippen MR) is 81.1 cm³/mol. The first-order valence-electron chi connectivity index (χ1n) is 6.54. The van der Waals surface area contributed by atoms with Crippen molar-refractivity contribution >= 4 is 28.0 Å². The van der Waals surface area contributed by atoms with Crippen LogP contribution in [0.4, 0.5) is 16.6 Å². The zero-order valence-electron chi connectivity index (χ0n) is 11.1. The number of hydrogen-bond acceptors (Lipinski definition) is 7. The van der Waals surface area contributed by atoms with E-state index in [9.17, 15) is 0 Å². The van der Waals surface area contributed by atoms with Gasteiger partial charge >= 0.3 is 0 Å². The second kappa shape index (κ2) is 6.06. The van der Waals surface area contributed by atoms with Crippen molar-refractivity contribution in [2.24, 2.45) is 0 Å². The highest BCUT2D eigenvalue weighted by Crippen LogP contribution is 2.18. The molecule has 0 aromatic carbocycles. The number of morpholine rings is 1. The average Bonchev–Trinajstić information content (AvgIpc) is 2.92. The quantitative estimate of drug-likeness (QED) is 0.890. The van der Waals surface area contributed by atoms with Gasteiger partial charge in [-0.05, 0) is 12.1 Å². The number of hydrogen-bond donors (Lipinski definition) is 2. The maximum atomic E-state index is 5.60. The molecule has 0 bridgehead atoms. The number of nitrogens with two attached hydrogens (primary N) is 1. The summed E-state index contributed by atoms with van der Waals surface area (Å²) >= 11 is 1.49. The molecule has 0 unspecified atom stereocenters. The first-order valence-corrected chi connectivity index (χ1v) is 7.36. The lowest BCUT2D eigenvalue weighted by molar-refractivity contribution is 0.122. The lowest BCUT2D eigenvalue weighted by Gasteiger charge is -2.28. The van der Waals surface area contributed by atoms with Crippen LogP contribution in [-0.4, -0.2) is 36.3 Å². The number of nitrogens with one attached hydrogen (secondary N) is 1. The van der Waals surface area contributed by atoms with E-state index in [4.69, 9.17) is 10.5 Å². The highest BCUT2D eigenvalue weighted by molar-refractivity contribution is 7.15. The van der Waals surface area contributed by atoms with Gasteiger partial charge < -0.3 is 20.7 Å². The van der Waals surface area contributed by atoms with Crippen molar-refractivity contribution in [3.8, 4) is 0 Å². The van der Waals surface area contributed by atoms with Crippen molar-refractivity contribution in [2.75, 3.05) is 42.3 Å². The van der Waals surface area contributed by atoms with E-state index in [0.29, 0.717) is 11.7 Å². The van der Waals surface area contributed by atoms with Crippen molar-refractivity contribution in [3.63, 3.8) is 0 Å². The minimum absolute atomic E-state index is 0.595. The molecule has 2 aromatic heterocycles. The molecule has 0 atom stereocenters. The van der Waals surface area contributed by atoms with Crippen molar-refractivity contribution in [3.05, 3.63) is 29.4 Å². The minimum Gasteiger partial charge on any atom is -0.378 e. The molecule has 3 N–H and O–H groups in total. The van der Waals surface area contributed by atoms with Crippen LogP contribution in [0.1, 0.15) is 4.88 Å². The normalized spacial score (nSPS) is 15.3. The second-order valence-corrected chi connectivity index (χ2v) is 5.67. The van der Waals surface area contributed by atoms with Gasteiger partial charge in [0.05, 0.1) is 31.6 Å². The third-order valence-corrected chi connectivity index (χ3v) is 3.97. The molecule has 6 nitrogen and oxygen atoms in total. The number of nitrogen functional groups attached to an aromatic ring is 1. The SMILES string of the molecule is Nc1ncc(CNc2ccc(N3CCOCC3)cn2)s1. The van der Waals surface area contributed by atoms with E-state index in [-0.39, 0.29) is 0 Å². The van der Waals surface area contributed by atoms with Gasteiger partial charge in [0, 0.05) is 24.2 Å². The number of nitrogens with zero attached hydrogens (tertiary/aromatic N) is 3. The number of pyridine rings is 1. The predicted octanol–water partition coefficient (Wildman–Crippen LogP) is 1.57. The van der Waals surface area contributed by atoms with Crippen molar-refractivity contribution in [1.82, 2.24) is 9.97 Å². The smallest absolute Gasteiger partial charge is 0.180 e. The molecule has 0 saturated carbocycles. The third kappa shape index (κ3) is 3.17. The van der Waals surface area contributed by atoms with Gasteiger partial charge in [0.2, 0.25) is 0 Å². The molecule has 1 saturated heterocycles. The van der Waals surface area contributed by atoms with Gasteiger partial charge in [0.15, 0.2) is 5.13 Å². The summed E-state index contributed by atoms with van der Waals surface area (Å²) in [5.41, 5.74) is 6.74. The summed E-state index contributed by atoms with van der Waals surface area (Å²) in [6, 6.07) is 4.08. The van der Waals surface area contributed by atoms with E-state index in [2.05, 4.69) is 26.3 Å². The largest absolute Gasteiger partial charge is 0.378 e. The van der Waals surface area contributed by atoms with E-state index in [1.54, 1.807) is 6.20 Å². The van der Waals surface area contributed by atoms with Gasteiger partial charge in [-0.1, -0.05) is 0 Å². The molecule has 1 fully saturated rings. The second-order valence-electron chi connectivity index (χ2n) is 4.52. The van der Waals surface area contributed by atoms with Gasteiger partial charge in [-0.3, -0.25) is 0 Å². The topological polar surface area (TPSA) is 76.3 Å². The van der Waals surface area contributed by atoms with Crippen LogP contribution in [0.25, 0.3) is 0 Å². The number of aromatic nitrogens is 2. The minimum atomic E-state index is 0.595. The summed E-state index contributed by atoms with van der Waals surface area (Å²) in [6.45, 7) is 4.11. The molecule has 20 heavy (non-hydrogen) atoms. The maximum absolute atomic E-state index is 5.60. The van der Waals surface area contributed by atoms with Crippen LogP contribution in [0.3, 0.4) is 0 Å². The number of ether oxygens (including phenoxy) is 1. The van der Waals surface area contributed by atoms with Crippen molar-refractivity contribution in [1.29, 1.82) is 0 Å². The van der Waals surface area contributed by atoms with Crippen LogP contribution in [-0.2, 0) is 11.3 Å². The van der Waals surface area contributed by atoms with Crippen LogP contribution in [0.5, 0.6) is 0 Å². The molecule has 1 aliphatic heterocycles. The standard InChI is InChI=1S/C13H17N5OS/c14-13-17-9-11(20-13)8-16-12-2-1-10(7-15-12)18-3-5-19-6-4-18/h1-2,7,9H,3-6,8H2,(H2,14,17)(H,15,16). The van der Waals surface area contributed by atoms with Crippen molar-refractivity contribution < 1.29 is 4.74 Å². The summed E-state index contributed by atoms with van der Waals surface area (Å²) in [7, 11) is 0. The summed E-state index contributed by atoms with van der Waals surface area (Å²) < 4.78 is 5.35. The van der Waals surface area contributed by atoms with Crippen LogP contribution in [0.15, 0.2) is 24.5 Å². The number of rotatable bonds is 4. The molecular weight excluding hydrogens is 274 g/mol. The first-order chi connectivity index (χ1) is 9.81. The zero-order chi connectivity index (χ0) is 13.8. The maximum Gasteiger partial charge on any atom is 0.180 e. The Kier molecular flexibility index (Phi) is 3.98. The van der Waals surface area contributed by atoms with Gasteiger partial charge in [-0.15, -0.1) is 11.3 Å². The zero-order valence-corrected chi connectivity index (χ0v) is 11.9. The van der Waals surface area contributed by atoms with E-state index in [1.807, 2.05) is 12.3 Å². The molecule has 7 heteroatoms. The molecule has 0 radical (unpaired) electrons. The fourth-order valence-electron chi connectivity index (χ4n) is 2.08. The Morgan fingerprint density at radius 2 is 2.10 bits per heavy atom. The van der Waals surface area contributed by atoms with E-state index in [0.717, 1.165) is 42.7 Å². The van der Waals surface area contributed by atoms with E-state index < -0.39 is 0 Å². The molecular formula is C13H17N5OS. The highest BCUT2D eigenvalue weighted by Gasteiger charge is 2.11. The third-order valence-electron chi connectivity index (χ3n) is 3.14. The van der Waals surface area contributed by atoms with Gasteiger partial charge in [-0.25, -0.2) is 9.97 Å². The summed E-state index contributed by atoms with van der Waals surface area (Å²) in [5.74, 6) is 0.856. The van der Waals surface area contributed by atoms with Crippen LogP contribution in [0, 0.1) is 0 Å². The van der Waals surface area contributed by atoms with E-state index in [1.165, 1.54) is 11.3 Å². The Hall–Kier alpha value is -1.86. The van der Waals surface area contributed by atoms with Crippen LogP contribution >= 0.6 is 11.3 Å². The Morgan fingerprint density at radius 1 is 1.25 bits per heavy atom. The van der Waals surface area contributed by atoms with Gasteiger partial charge in [0.1, 0.15) is 5.82 Å². The van der Waals surface area contributed by atoms with Gasteiger partial charge in [0.25, 0.3) is 0 Å². The molecule has 3 rings (SSSR count). The Labute approximate surface area is 121 Å². The Bertz CT molecular complexity index is 550. The summed E-state index contributed by atoms with van der Waals surface area (Å²) in [6.07, 6.45) is 3.68. The summed E-state index contributed by atoms with van der Waals surface area (Å²) in [5, 5.41) is 3.86. The van der Waals surface area contributed by atoms with Crippen LogP contribution in [0.2, 0.25) is 0 Å². The average molecular weight is 291 g/mol. The number of thiazole rings is 1. The van der Waals surface area contributed by atoms with Crippen molar-refractivity contribution in [2.45, 2.75) is 6.54 Å². The van der Waals surface area contributed by atoms with Gasteiger partial charge in [-0.2, -0.15) is 0 Å². The lowest BCUT2D eigenvalue weighted by Crippen LogP contribution is -2.36. The van der Waals surface area contributed by atoms with E-state index >= 15 is 0 Å². The van der Waals surface area contributed by atoms with Crippen LogP contribution < -0.4 is 16.0 Å². The molecule has 0 amide bonds. The first kappa shape index (κ1) is 13.1. The molecule has 0 spiro atoms.